The quantitative estimate of drug-likeness (QED) is 0.563. The van der Waals surface area contributed by atoms with Gasteiger partial charge in [-0.3, -0.25) is 4.79 Å². The highest BCUT2D eigenvalue weighted by molar-refractivity contribution is 5.96. The van der Waals surface area contributed by atoms with Crippen molar-refractivity contribution in [2.45, 2.75) is 18.9 Å². The summed E-state index contributed by atoms with van der Waals surface area (Å²) in [5.74, 6) is 1.39. The average molecular weight is 467 g/mol. The van der Waals surface area contributed by atoms with Crippen molar-refractivity contribution in [2.24, 2.45) is 0 Å². The first-order valence-corrected chi connectivity index (χ1v) is 10.5. The van der Waals surface area contributed by atoms with Crippen molar-refractivity contribution >= 4 is 11.6 Å². The van der Waals surface area contributed by atoms with E-state index in [1.807, 2.05) is 0 Å². The Hall–Kier alpha value is -4.14. The highest BCUT2D eigenvalue weighted by Gasteiger charge is 2.43. The summed E-state index contributed by atoms with van der Waals surface area (Å²) in [6.07, 6.45) is -1.02. The van der Waals surface area contributed by atoms with E-state index >= 15 is 0 Å². The molecule has 1 aromatic heterocycles. The van der Waals surface area contributed by atoms with Crippen molar-refractivity contribution in [3.63, 3.8) is 0 Å². The van der Waals surface area contributed by atoms with Crippen LogP contribution in [-0.4, -0.2) is 40.5 Å². The Bertz CT molecular complexity index is 1240. The molecule has 1 aliphatic rings. The number of hydrogen-bond acceptors (Lipinski definition) is 8. The molecule has 2 atom stereocenters. The van der Waals surface area contributed by atoms with E-state index in [9.17, 15) is 9.59 Å². The molecule has 4 rings (SSSR count). The average Bonchev–Trinajstić information content (AvgIpc) is 3.23. The maximum atomic E-state index is 13.4. The monoisotopic (exact) mass is 467 g/mol. The van der Waals surface area contributed by atoms with Gasteiger partial charge in [0, 0.05) is 23.9 Å². The maximum Gasteiger partial charge on any atom is 0.343 e. The minimum Gasteiger partial charge on any atom is -0.497 e. The number of ether oxygens (including phenoxy) is 5. The zero-order chi connectivity index (χ0) is 24.4. The maximum absolute atomic E-state index is 13.4. The summed E-state index contributed by atoms with van der Waals surface area (Å²) in [7, 11) is 6.03. The van der Waals surface area contributed by atoms with Crippen LogP contribution in [0.4, 0.5) is 5.69 Å². The van der Waals surface area contributed by atoms with Gasteiger partial charge in [-0.15, -0.1) is 0 Å². The Kier molecular flexibility index (Phi) is 6.36. The molecule has 0 spiro atoms. The lowest BCUT2D eigenvalue weighted by molar-refractivity contribution is -0.122. The minimum absolute atomic E-state index is 0.292. The van der Waals surface area contributed by atoms with E-state index in [1.165, 1.54) is 21.3 Å². The van der Waals surface area contributed by atoms with E-state index in [-0.39, 0.29) is 0 Å². The fraction of sp³-hybridized carbons (Fsp3) is 0.280. The predicted octanol–water partition coefficient (Wildman–Crippen LogP) is 3.51. The van der Waals surface area contributed by atoms with Gasteiger partial charge in [-0.1, -0.05) is 12.1 Å². The fourth-order valence-electron chi connectivity index (χ4n) is 4.05. The standard InChI is InChI=1S/C25H25NO8/c1-13-10-17-21(25(28)33-13)20(14-6-8-16(29-2)9-7-14)23(34-17)24(27)26-15-11-18(30-3)22(32-5)19(12-15)31-4/h6-12,20,23H,1-5H3,(H,26,27)/t20-,23+/m1/s1. The van der Waals surface area contributed by atoms with Gasteiger partial charge in [0.25, 0.3) is 5.91 Å². The number of benzene rings is 2. The summed E-state index contributed by atoms with van der Waals surface area (Å²) in [5, 5.41) is 2.84. The van der Waals surface area contributed by atoms with Crippen LogP contribution in [0.15, 0.2) is 51.7 Å². The van der Waals surface area contributed by atoms with Crippen LogP contribution in [0.1, 0.15) is 22.8 Å². The van der Waals surface area contributed by atoms with Gasteiger partial charge in [0.1, 0.15) is 17.3 Å². The Morgan fingerprint density at radius 2 is 1.56 bits per heavy atom. The molecule has 0 fully saturated rings. The van der Waals surface area contributed by atoms with Crippen molar-refractivity contribution < 1.29 is 32.9 Å². The van der Waals surface area contributed by atoms with Crippen molar-refractivity contribution in [2.75, 3.05) is 33.8 Å². The molecule has 2 aromatic carbocycles. The van der Waals surface area contributed by atoms with Gasteiger partial charge < -0.3 is 33.4 Å². The molecule has 0 radical (unpaired) electrons. The molecule has 9 nitrogen and oxygen atoms in total. The highest BCUT2D eigenvalue weighted by atomic mass is 16.5. The second-order valence-electron chi connectivity index (χ2n) is 7.61. The molecule has 1 aliphatic heterocycles. The lowest BCUT2D eigenvalue weighted by Gasteiger charge is -2.20. The van der Waals surface area contributed by atoms with Gasteiger partial charge in [-0.05, 0) is 24.6 Å². The molecule has 1 amide bonds. The van der Waals surface area contributed by atoms with Crippen LogP contribution in [0.2, 0.25) is 0 Å². The first-order valence-electron chi connectivity index (χ1n) is 10.5. The summed E-state index contributed by atoms with van der Waals surface area (Å²) < 4.78 is 32.6. The second-order valence-corrected chi connectivity index (χ2v) is 7.61. The first-order chi connectivity index (χ1) is 16.4. The van der Waals surface area contributed by atoms with Gasteiger partial charge in [-0.25, -0.2) is 4.79 Å². The third kappa shape index (κ3) is 4.12. The van der Waals surface area contributed by atoms with Crippen LogP contribution in [-0.2, 0) is 4.79 Å². The third-order valence-corrected chi connectivity index (χ3v) is 5.61. The molecule has 2 heterocycles. The fourth-order valence-corrected chi connectivity index (χ4v) is 4.05. The van der Waals surface area contributed by atoms with Crippen LogP contribution in [0.3, 0.4) is 0 Å². The van der Waals surface area contributed by atoms with E-state index in [4.69, 9.17) is 28.1 Å². The van der Waals surface area contributed by atoms with E-state index < -0.39 is 23.6 Å². The Morgan fingerprint density at radius 3 is 2.12 bits per heavy atom. The predicted molar refractivity (Wildman–Crippen MR) is 124 cm³/mol. The van der Waals surface area contributed by atoms with E-state index in [2.05, 4.69) is 5.32 Å². The number of nitrogens with one attached hydrogen (secondary N) is 1. The lowest BCUT2D eigenvalue weighted by atomic mass is 9.88. The van der Waals surface area contributed by atoms with E-state index in [1.54, 1.807) is 56.5 Å². The lowest BCUT2D eigenvalue weighted by Crippen LogP contribution is -2.35. The van der Waals surface area contributed by atoms with Gasteiger partial charge in [0.15, 0.2) is 17.6 Å². The van der Waals surface area contributed by atoms with Crippen LogP contribution >= 0.6 is 0 Å². The molecular weight excluding hydrogens is 442 g/mol. The number of rotatable bonds is 7. The molecular formula is C25H25NO8. The zero-order valence-electron chi connectivity index (χ0n) is 19.5. The number of amides is 1. The van der Waals surface area contributed by atoms with Gasteiger partial charge in [-0.2, -0.15) is 0 Å². The van der Waals surface area contributed by atoms with Crippen molar-refractivity contribution in [1.29, 1.82) is 0 Å². The smallest absolute Gasteiger partial charge is 0.343 e. The molecule has 0 saturated carbocycles. The zero-order valence-corrected chi connectivity index (χ0v) is 19.5. The summed E-state index contributed by atoms with van der Waals surface area (Å²) in [5.41, 5.74) is 0.871. The highest BCUT2D eigenvalue weighted by Crippen LogP contribution is 2.43. The van der Waals surface area contributed by atoms with Crippen molar-refractivity contribution in [1.82, 2.24) is 0 Å². The number of aryl methyl sites for hydroxylation is 1. The number of methoxy groups -OCH3 is 4. The Morgan fingerprint density at radius 1 is 0.912 bits per heavy atom. The number of fused-ring (bicyclic) bond motifs is 1. The van der Waals surface area contributed by atoms with E-state index in [0.717, 1.165) is 0 Å². The molecule has 9 heteroatoms. The van der Waals surface area contributed by atoms with Gasteiger partial charge in [0.05, 0.1) is 39.9 Å². The summed E-state index contributed by atoms with van der Waals surface area (Å²) in [6.45, 7) is 1.65. The Balaban J connectivity index is 1.73. The molecule has 178 valence electrons. The number of carbonyl (C=O) groups is 1. The topological polar surface area (TPSA) is 105 Å². The summed E-state index contributed by atoms with van der Waals surface area (Å²) in [4.78, 5) is 26.2. The number of anilines is 1. The van der Waals surface area contributed by atoms with Crippen molar-refractivity contribution in [3.8, 4) is 28.7 Å². The van der Waals surface area contributed by atoms with Gasteiger partial charge in [0.2, 0.25) is 5.75 Å². The minimum atomic E-state index is -1.02. The normalized spacial score (nSPS) is 16.3. The molecule has 34 heavy (non-hydrogen) atoms. The summed E-state index contributed by atoms with van der Waals surface area (Å²) in [6, 6.07) is 11.9. The molecule has 0 bridgehead atoms. The molecule has 0 aliphatic carbocycles. The van der Waals surface area contributed by atoms with Crippen LogP contribution in [0, 0.1) is 6.92 Å². The largest absolute Gasteiger partial charge is 0.497 e. The third-order valence-electron chi connectivity index (χ3n) is 5.61. The van der Waals surface area contributed by atoms with Crippen LogP contribution in [0.25, 0.3) is 0 Å². The SMILES string of the molecule is COc1ccc([C@@H]2c3c(cc(C)oc3=O)O[C@@H]2C(=O)Nc2cc(OC)c(OC)c(OC)c2)cc1. The summed E-state index contributed by atoms with van der Waals surface area (Å²) >= 11 is 0. The number of hydrogen-bond donors (Lipinski definition) is 1. The van der Waals surface area contributed by atoms with Crippen LogP contribution < -0.4 is 34.6 Å². The molecule has 3 aromatic rings. The van der Waals surface area contributed by atoms with Crippen molar-refractivity contribution in [3.05, 3.63) is 69.8 Å². The molecule has 0 unspecified atom stereocenters. The second kappa shape index (κ2) is 9.38. The van der Waals surface area contributed by atoms with Gasteiger partial charge >= 0.3 is 5.63 Å². The number of carbonyl (C=O) groups excluding carboxylic acids is 1. The van der Waals surface area contributed by atoms with Crippen LogP contribution in [0.5, 0.6) is 28.7 Å². The first kappa shape index (κ1) is 23.0. The van der Waals surface area contributed by atoms with E-state index in [0.29, 0.717) is 51.3 Å². The molecule has 0 saturated heterocycles. The Labute approximate surface area is 196 Å². The molecule has 1 N–H and O–H groups in total.